The largest absolute Gasteiger partial charge is 0.393 e. The fourth-order valence-electron chi connectivity index (χ4n) is 2.37. The van der Waals surface area contributed by atoms with Crippen LogP contribution in [-0.4, -0.2) is 29.5 Å². The van der Waals surface area contributed by atoms with Crippen LogP contribution in [0.1, 0.15) is 45.4 Å². The molecule has 0 aliphatic heterocycles. The lowest BCUT2D eigenvalue weighted by Gasteiger charge is -2.29. The van der Waals surface area contributed by atoms with Crippen molar-refractivity contribution in [3.05, 3.63) is 0 Å². The van der Waals surface area contributed by atoms with Gasteiger partial charge >= 0.3 is 0 Å². The van der Waals surface area contributed by atoms with E-state index in [1.165, 1.54) is 38.5 Å². The van der Waals surface area contributed by atoms with Crippen molar-refractivity contribution in [1.82, 2.24) is 4.90 Å². The summed E-state index contributed by atoms with van der Waals surface area (Å²) in [6, 6.07) is 0.754. The summed E-state index contributed by atoms with van der Waals surface area (Å²) < 4.78 is 0. The maximum atomic E-state index is 5.65. The molecular weight excluding hydrogens is 204 g/mol. The Morgan fingerprint density at radius 3 is 2.33 bits per heavy atom. The van der Waals surface area contributed by atoms with Crippen molar-refractivity contribution in [2.75, 3.05) is 13.6 Å². The van der Waals surface area contributed by atoms with Gasteiger partial charge in [0, 0.05) is 18.5 Å². The first-order chi connectivity index (χ1) is 7.11. The molecule has 0 spiro atoms. The van der Waals surface area contributed by atoms with Gasteiger partial charge in [-0.3, -0.25) is 0 Å². The van der Waals surface area contributed by atoms with Crippen molar-refractivity contribution >= 4 is 17.2 Å². The fraction of sp³-hybridized carbons (Fsp3) is 0.917. The summed E-state index contributed by atoms with van der Waals surface area (Å²) in [5.41, 5.74) is 5.65. The van der Waals surface area contributed by atoms with Gasteiger partial charge in [0.25, 0.3) is 0 Å². The van der Waals surface area contributed by atoms with Crippen LogP contribution in [0.15, 0.2) is 0 Å². The Morgan fingerprint density at radius 2 is 1.87 bits per heavy atom. The molecule has 0 heterocycles. The third-order valence-electron chi connectivity index (χ3n) is 3.50. The molecule has 0 bridgehead atoms. The van der Waals surface area contributed by atoms with Crippen LogP contribution in [0.2, 0.25) is 0 Å². The van der Waals surface area contributed by atoms with Crippen LogP contribution in [0.25, 0.3) is 0 Å². The van der Waals surface area contributed by atoms with Crippen LogP contribution >= 0.6 is 12.2 Å². The van der Waals surface area contributed by atoms with Crippen molar-refractivity contribution in [2.24, 2.45) is 11.7 Å². The number of hydrogen-bond donors (Lipinski definition) is 1. The Labute approximate surface area is 99.2 Å². The number of rotatable bonds is 4. The van der Waals surface area contributed by atoms with Gasteiger partial charge in [-0.15, -0.1) is 0 Å². The van der Waals surface area contributed by atoms with Crippen LogP contribution in [0.4, 0.5) is 0 Å². The molecule has 1 fully saturated rings. The molecule has 1 unspecified atom stereocenters. The SMILES string of the molecule is CC(CN(C)C1CCCCCC1)C(N)=S. The zero-order valence-electron chi connectivity index (χ0n) is 10.0. The Kier molecular flexibility index (Phi) is 5.54. The van der Waals surface area contributed by atoms with Crippen LogP contribution in [0.3, 0.4) is 0 Å². The zero-order valence-corrected chi connectivity index (χ0v) is 10.9. The summed E-state index contributed by atoms with van der Waals surface area (Å²) in [4.78, 5) is 3.10. The fourth-order valence-corrected chi connectivity index (χ4v) is 2.44. The Balaban J connectivity index is 2.37. The van der Waals surface area contributed by atoms with E-state index in [0.29, 0.717) is 10.9 Å². The van der Waals surface area contributed by atoms with Gasteiger partial charge in [-0.1, -0.05) is 44.8 Å². The summed E-state index contributed by atoms with van der Waals surface area (Å²) in [6.45, 7) is 3.13. The van der Waals surface area contributed by atoms with Crippen LogP contribution in [0, 0.1) is 5.92 Å². The molecule has 15 heavy (non-hydrogen) atoms. The van der Waals surface area contributed by atoms with E-state index in [2.05, 4.69) is 18.9 Å². The third kappa shape index (κ3) is 4.47. The quantitative estimate of drug-likeness (QED) is 0.592. The van der Waals surface area contributed by atoms with Gasteiger partial charge in [0.15, 0.2) is 0 Å². The van der Waals surface area contributed by atoms with Crippen molar-refractivity contribution in [3.63, 3.8) is 0 Å². The van der Waals surface area contributed by atoms with Crippen molar-refractivity contribution in [2.45, 2.75) is 51.5 Å². The second-order valence-electron chi connectivity index (χ2n) is 4.89. The van der Waals surface area contributed by atoms with Crippen molar-refractivity contribution in [1.29, 1.82) is 0 Å². The molecule has 0 aromatic carbocycles. The molecule has 3 heteroatoms. The molecule has 0 aromatic heterocycles. The van der Waals surface area contributed by atoms with Gasteiger partial charge in [-0.05, 0) is 19.9 Å². The Morgan fingerprint density at radius 1 is 1.33 bits per heavy atom. The Bertz CT molecular complexity index is 198. The monoisotopic (exact) mass is 228 g/mol. The molecule has 1 saturated carbocycles. The summed E-state index contributed by atoms with van der Waals surface area (Å²) in [6.07, 6.45) is 8.29. The lowest BCUT2D eigenvalue weighted by molar-refractivity contribution is 0.210. The van der Waals surface area contributed by atoms with Crippen LogP contribution < -0.4 is 5.73 Å². The van der Waals surface area contributed by atoms with E-state index < -0.39 is 0 Å². The number of hydrogen-bond acceptors (Lipinski definition) is 2. The lowest BCUT2D eigenvalue weighted by Crippen LogP contribution is -2.38. The highest BCUT2D eigenvalue weighted by Crippen LogP contribution is 2.21. The topological polar surface area (TPSA) is 29.3 Å². The standard InChI is InChI=1S/C12H24N2S/c1-10(12(13)15)9-14(2)11-7-5-3-4-6-8-11/h10-11H,3-9H2,1-2H3,(H2,13,15). The lowest BCUT2D eigenvalue weighted by atomic mass is 10.1. The molecule has 88 valence electrons. The molecule has 1 rings (SSSR count). The average molecular weight is 228 g/mol. The minimum atomic E-state index is 0.341. The first-order valence-corrected chi connectivity index (χ1v) is 6.51. The van der Waals surface area contributed by atoms with Gasteiger partial charge in [0.1, 0.15) is 0 Å². The van der Waals surface area contributed by atoms with Crippen LogP contribution in [-0.2, 0) is 0 Å². The van der Waals surface area contributed by atoms with E-state index in [1.807, 2.05) is 0 Å². The van der Waals surface area contributed by atoms with E-state index in [0.717, 1.165) is 12.6 Å². The number of thiocarbonyl (C=S) groups is 1. The van der Waals surface area contributed by atoms with Gasteiger partial charge in [-0.25, -0.2) is 0 Å². The molecule has 1 aliphatic carbocycles. The first-order valence-electron chi connectivity index (χ1n) is 6.11. The summed E-state index contributed by atoms with van der Waals surface area (Å²) in [7, 11) is 2.21. The molecule has 2 N–H and O–H groups in total. The van der Waals surface area contributed by atoms with Gasteiger partial charge in [-0.2, -0.15) is 0 Å². The molecule has 0 radical (unpaired) electrons. The molecule has 0 amide bonds. The third-order valence-corrected chi connectivity index (χ3v) is 3.90. The van der Waals surface area contributed by atoms with E-state index in [-0.39, 0.29) is 0 Å². The van der Waals surface area contributed by atoms with Gasteiger partial charge < -0.3 is 10.6 Å². The maximum absolute atomic E-state index is 5.65. The minimum Gasteiger partial charge on any atom is -0.393 e. The highest BCUT2D eigenvalue weighted by atomic mass is 32.1. The predicted molar refractivity (Wildman–Crippen MR) is 70.1 cm³/mol. The van der Waals surface area contributed by atoms with E-state index in [4.69, 9.17) is 18.0 Å². The summed E-state index contributed by atoms with van der Waals surface area (Å²) in [5, 5.41) is 0. The van der Waals surface area contributed by atoms with E-state index >= 15 is 0 Å². The average Bonchev–Trinajstić information content (AvgIpc) is 2.45. The van der Waals surface area contributed by atoms with Gasteiger partial charge in [0.2, 0.25) is 0 Å². The first kappa shape index (κ1) is 12.9. The minimum absolute atomic E-state index is 0.341. The van der Waals surface area contributed by atoms with E-state index in [9.17, 15) is 0 Å². The molecule has 1 atom stereocenters. The van der Waals surface area contributed by atoms with Gasteiger partial charge in [0.05, 0.1) is 4.99 Å². The number of nitrogens with two attached hydrogens (primary N) is 1. The zero-order chi connectivity index (χ0) is 11.3. The normalized spacial score (nSPS) is 21.3. The smallest absolute Gasteiger partial charge is 0.0768 e. The second-order valence-corrected chi connectivity index (χ2v) is 5.36. The predicted octanol–water partition coefficient (Wildman–Crippen LogP) is 2.56. The van der Waals surface area contributed by atoms with Crippen LogP contribution in [0.5, 0.6) is 0 Å². The van der Waals surface area contributed by atoms with E-state index in [1.54, 1.807) is 0 Å². The number of nitrogens with zero attached hydrogens (tertiary/aromatic N) is 1. The van der Waals surface area contributed by atoms with Crippen molar-refractivity contribution < 1.29 is 0 Å². The second kappa shape index (κ2) is 6.44. The maximum Gasteiger partial charge on any atom is 0.0768 e. The molecular formula is C12H24N2S. The molecule has 0 saturated heterocycles. The molecule has 1 aliphatic rings. The molecule has 0 aromatic rings. The van der Waals surface area contributed by atoms with Crippen molar-refractivity contribution in [3.8, 4) is 0 Å². The highest BCUT2D eigenvalue weighted by Gasteiger charge is 2.19. The summed E-state index contributed by atoms with van der Waals surface area (Å²) >= 11 is 5.02. The Hall–Kier alpha value is -0.150. The highest BCUT2D eigenvalue weighted by molar-refractivity contribution is 7.80. The molecule has 2 nitrogen and oxygen atoms in total. The summed E-state index contributed by atoms with van der Waals surface area (Å²) in [5.74, 6) is 0.341.